The van der Waals surface area contributed by atoms with E-state index >= 15 is 0 Å². The number of carbonyl (C=O) groups excluding carboxylic acids is 4. The van der Waals surface area contributed by atoms with Crippen LogP contribution < -0.4 is 5.32 Å². The summed E-state index contributed by atoms with van der Waals surface area (Å²) in [5.41, 5.74) is 0. The Labute approximate surface area is 127 Å². The normalized spacial score (nSPS) is 26.8. The van der Waals surface area contributed by atoms with E-state index in [1.807, 2.05) is 12.2 Å². The van der Waals surface area contributed by atoms with Gasteiger partial charge in [0.25, 0.3) is 5.91 Å². The van der Waals surface area contributed by atoms with Crippen LogP contribution in [-0.2, 0) is 23.9 Å². The lowest BCUT2D eigenvalue weighted by Crippen LogP contribution is -2.38. The minimum atomic E-state index is -0.737. The fourth-order valence-corrected chi connectivity index (χ4v) is 2.84. The maximum atomic E-state index is 12.2. The number of likely N-dealkylation sites (tertiary alicyclic amines) is 1. The van der Waals surface area contributed by atoms with Crippen LogP contribution in [0.3, 0.4) is 0 Å². The highest BCUT2D eigenvalue weighted by Crippen LogP contribution is 2.34. The topological polar surface area (TPSA) is 92.8 Å². The number of amides is 3. The lowest BCUT2D eigenvalue weighted by atomic mass is 9.85. The Hall–Kier alpha value is -2.18. The van der Waals surface area contributed by atoms with Crippen molar-refractivity contribution >= 4 is 23.7 Å². The first-order valence-corrected chi connectivity index (χ1v) is 7.51. The maximum absolute atomic E-state index is 12.2. The maximum Gasteiger partial charge on any atom is 0.326 e. The molecule has 1 saturated heterocycles. The smallest absolute Gasteiger partial charge is 0.326 e. The molecule has 1 heterocycles. The summed E-state index contributed by atoms with van der Waals surface area (Å²) in [5.74, 6) is -2.45. The summed E-state index contributed by atoms with van der Waals surface area (Å²) in [4.78, 5) is 48.4. The van der Waals surface area contributed by atoms with Gasteiger partial charge in [-0.05, 0) is 25.7 Å². The van der Waals surface area contributed by atoms with Gasteiger partial charge in [0.15, 0.2) is 6.61 Å². The monoisotopic (exact) mass is 306 g/mol. The second kappa shape index (κ2) is 5.90. The number of hydrogen-bond acceptors (Lipinski definition) is 5. The number of nitrogens with zero attached hydrogens (tertiary/aromatic N) is 1. The van der Waals surface area contributed by atoms with Gasteiger partial charge in [-0.3, -0.25) is 24.1 Å². The molecule has 0 aromatic carbocycles. The number of ether oxygens (including phenoxy) is 1. The molecule has 0 spiro atoms. The van der Waals surface area contributed by atoms with Gasteiger partial charge in [-0.25, -0.2) is 0 Å². The van der Waals surface area contributed by atoms with Crippen molar-refractivity contribution in [3.63, 3.8) is 0 Å². The summed E-state index contributed by atoms with van der Waals surface area (Å²) >= 11 is 0. The second-order valence-corrected chi connectivity index (χ2v) is 5.92. The van der Waals surface area contributed by atoms with E-state index in [0.29, 0.717) is 12.8 Å². The average molecular weight is 306 g/mol. The fraction of sp³-hybridized carbons (Fsp3) is 0.600. The van der Waals surface area contributed by atoms with Gasteiger partial charge in [-0.15, -0.1) is 0 Å². The molecule has 0 aromatic heterocycles. The highest BCUT2D eigenvalue weighted by Gasteiger charge is 2.47. The molecule has 1 aliphatic heterocycles. The third-order valence-corrected chi connectivity index (χ3v) is 4.19. The van der Waals surface area contributed by atoms with E-state index in [0.717, 1.165) is 17.7 Å². The van der Waals surface area contributed by atoms with E-state index in [9.17, 15) is 19.2 Å². The molecular weight excluding hydrogens is 288 g/mol. The van der Waals surface area contributed by atoms with E-state index < -0.39 is 12.5 Å². The first kappa shape index (κ1) is 14.7. The molecular formula is C15H18N2O5. The molecule has 2 fully saturated rings. The van der Waals surface area contributed by atoms with Gasteiger partial charge in [0.05, 0.1) is 11.8 Å². The fourth-order valence-electron chi connectivity index (χ4n) is 2.84. The van der Waals surface area contributed by atoms with Gasteiger partial charge in [0.2, 0.25) is 11.8 Å². The minimum Gasteiger partial charge on any atom is -0.454 e. The molecule has 0 bridgehead atoms. The predicted octanol–water partition coefficient (Wildman–Crippen LogP) is -0.241. The molecule has 2 atom stereocenters. The van der Waals surface area contributed by atoms with Crippen LogP contribution in [0.4, 0.5) is 0 Å². The first-order valence-electron chi connectivity index (χ1n) is 7.51. The van der Waals surface area contributed by atoms with Crippen LogP contribution in [0.1, 0.15) is 25.7 Å². The second-order valence-electron chi connectivity index (χ2n) is 5.92. The number of hydrogen-bond donors (Lipinski definition) is 1. The summed E-state index contributed by atoms with van der Waals surface area (Å²) in [6.07, 6.45) is 6.74. The Morgan fingerprint density at radius 3 is 2.27 bits per heavy atom. The molecule has 22 heavy (non-hydrogen) atoms. The molecule has 3 aliphatic rings. The van der Waals surface area contributed by atoms with E-state index in [1.54, 1.807) is 0 Å². The highest BCUT2D eigenvalue weighted by molar-refractivity contribution is 6.07. The van der Waals surface area contributed by atoms with E-state index in [1.165, 1.54) is 0 Å². The van der Waals surface area contributed by atoms with Crippen molar-refractivity contribution in [2.45, 2.75) is 31.7 Å². The molecule has 118 valence electrons. The third kappa shape index (κ3) is 3.03. The summed E-state index contributed by atoms with van der Waals surface area (Å²) in [7, 11) is 0. The van der Waals surface area contributed by atoms with Crippen molar-refractivity contribution in [3.8, 4) is 0 Å². The number of esters is 1. The zero-order valence-corrected chi connectivity index (χ0v) is 12.1. The standard InChI is InChI=1S/C15H18N2O5/c18-12(16-9-5-6-9)8-22-13(19)7-17-14(20)10-3-1-2-4-11(10)15(17)21/h1-2,9-11H,3-8H2,(H,16,18)/t10-,11-/m0/s1. The van der Waals surface area contributed by atoms with Crippen molar-refractivity contribution in [3.05, 3.63) is 12.2 Å². The van der Waals surface area contributed by atoms with E-state index in [4.69, 9.17) is 4.74 Å². The van der Waals surface area contributed by atoms with Crippen LogP contribution in [0.25, 0.3) is 0 Å². The zero-order chi connectivity index (χ0) is 15.7. The van der Waals surface area contributed by atoms with Crippen molar-refractivity contribution in [1.82, 2.24) is 10.2 Å². The average Bonchev–Trinajstić information content (AvgIpc) is 3.29. The lowest BCUT2D eigenvalue weighted by Gasteiger charge is -2.14. The number of imide groups is 1. The van der Waals surface area contributed by atoms with Crippen molar-refractivity contribution in [2.24, 2.45) is 11.8 Å². The van der Waals surface area contributed by atoms with Gasteiger partial charge in [0, 0.05) is 6.04 Å². The molecule has 1 N–H and O–H groups in total. The Morgan fingerprint density at radius 2 is 1.73 bits per heavy atom. The van der Waals surface area contributed by atoms with Gasteiger partial charge < -0.3 is 10.1 Å². The molecule has 3 rings (SSSR count). The number of rotatable bonds is 5. The van der Waals surface area contributed by atoms with Gasteiger partial charge in [-0.1, -0.05) is 12.2 Å². The Balaban J connectivity index is 1.49. The molecule has 7 nitrogen and oxygen atoms in total. The van der Waals surface area contributed by atoms with Gasteiger partial charge in [-0.2, -0.15) is 0 Å². The first-order chi connectivity index (χ1) is 10.6. The predicted molar refractivity (Wildman–Crippen MR) is 74.2 cm³/mol. The molecule has 0 radical (unpaired) electrons. The Bertz CT molecular complexity index is 526. The van der Waals surface area contributed by atoms with Crippen LogP contribution in [0.5, 0.6) is 0 Å². The van der Waals surface area contributed by atoms with Gasteiger partial charge in [0.1, 0.15) is 6.54 Å². The third-order valence-electron chi connectivity index (χ3n) is 4.19. The van der Waals surface area contributed by atoms with Crippen LogP contribution in [-0.4, -0.2) is 47.8 Å². The number of fused-ring (bicyclic) bond motifs is 1. The Kier molecular flexibility index (Phi) is 3.96. The number of nitrogens with one attached hydrogen (secondary N) is 1. The zero-order valence-electron chi connectivity index (χ0n) is 12.1. The van der Waals surface area contributed by atoms with Crippen LogP contribution >= 0.6 is 0 Å². The summed E-state index contributed by atoms with van der Waals surface area (Å²) in [5, 5.41) is 2.69. The highest BCUT2D eigenvalue weighted by atomic mass is 16.5. The van der Waals surface area contributed by atoms with E-state index in [-0.39, 0.29) is 42.2 Å². The minimum absolute atomic E-state index is 0.198. The largest absolute Gasteiger partial charge is 0.454 e. The van der Waals surface area contributed by atoms with Crippen molar-refractivity contribution < 1.29 is 23.9 Å². The van der Waals surface area contributed by atoms with Crippen LogP contribution in [0.15, 0.2) is 12.2 Å². The summed E-state index contributed by atoms with van der Waals surface area (Å²) in [6.45, 7) is -0.790. The van der Waals surface area contributed by atoms with Crippen molar-refractivity contribution in [1.29, 1.82) is 0 Å². The number of carbonyl (C=O) groups is 4. The SMILES string of the molecule is O=C(COC(=O)CN1C(=O)[C@H]2CC=CC[C@@H]2C1=O)NC1CC1. The molecule has 0 unspecified atom stereocenters. The molecule has 3 amide bonds. The van der Waals surface area contributed by atoms with Crippen LogP contribution in [0, 0.1) is 11.8 Å². The summed E-state index contributed by atoms with van der Waals surface area (Å²) in [6, 6.07) is 0.198. The molecule has 2 aliphatic carbocycles. The number of allylic oxidation sites excluding steroid dienone is 2. The van der Waals surface area contributed by atoms with Crippen molar-refractivity contribution in [2.75, 3.05) is 13.2 Å². The van der Waals surface area contributed by atoms with Gasteiger partial charge >= 0.3 is 5.97 Å². The lowest BCUT2D eigenvalue weighted by molar-refractivity contribution is -0.154. The van der Waals surface area contributed by atoms with E-state index in [2.05, 4.69) is 5.32 Å². The quantitative estimate of drug-likeness (QED) is 0.430. The van der Waals surface area contributed by atoms with Crippen LogP contribution in [0.2, 0.25) is 0 Å². The Morgan fingerprint density at radius 1 is 1.14 bits per heavy atom. The molecule has 7 heteroatoms. The molecule has 0 aromatic rings. The summed E-state index contributed by atoms with van der Waals surface area (Å²) < 4.78 is 4.83. The molecule has 1 saturated carbocycles.